The van der Waals surface area contributed by atoms with E-state index in [4.69, 9.17) is 0 Å². The fourth-order valence-corrected chi connectivity index (χ4v) is 1.98. The van der Waals surface area contributed by atoms with E-state index in [0.29, 0.717) is 6.54 Å². The van der Waals surface area contributed by atoms with Gasteiger partial charge in [0.05, 0.1) is 6.54 Å². The van der Waals surface area contributed by atoms with Crippen molar-refractivity contribution < 1.29 is 4.79 Å². The molecule has 0 aromatic carbocycles. The molecule has 1 saturated carbocycles. The summed E-state index contributed by atoms with van der Waals surface area (Å²) in [7, 11) is 1.90. The first-order valence-electron chi connectivity index (χ1n) is 7.62. The normalized spacial score (nSPS) is 15.2. The van der Waals surface area contributed by atoms with Gasteiger partial charge in [-0.3, -0.25) is 9.79 Å². The zero-order chi connectivity index (χ0) is 15.2. The Morgan fingerprint density at radius 2 is 1.95 bits per heavy atom. The fourth-order valence-electron chi connectivity index (χ4n) is 1.98. The molecule has 21 heavy (non-hydrogen) atoms. The second kappa shape index (κ2) is 9.48. The third kappa shape index (κ3) is 9.92. The molecule has 1 rings (SSSR count). The van der Waals surface area contributed by atoms with E-state index in [0.717, 1.165) is 31.4 Å². The van der Waals surface area contributed by atoms with Gasteiger partial charge in [-0.25, -0.2) is 0 Å². The van der Waals surface area contributed by atoms with Crippen molar-refractivity contribution in [3.05, 3.63) is 0 Å². The molecule has 1 aliphatic rings. The van der Waals surface area contributed by atoms with Crippen LogP contribution >= 0.6 is 24.0 Å². The number of guanidine groups is 1. The number of carbonyl (C=O) groups excluding carboxylic acids is 1. The first-order valence-corrected chi connectivity index (χ1v) is 7.62. The van der Waals surface area contributed by atoms with E-state index >= 15 is 0 Å². The van der Waals surface area contributed by atoms with E-state index in [-0.39, 0.29) is 35.4 Å². The minimum absolute atomic E-state index is 0. The molecule has 0 radical (unpaired) electrons. The van der Waals surface area contributed by atoms with Gasteiger partial charge in [-0.15, -0.1) is 24.0 Å². The predicted octanol–water partition coefficient (Wildman–Crippen LogP) is 2.22. The van der Waals surface area contributed by atoms with Gasteiger partial charge < -0.3 is 15.5 Å². The van der Waals surface area contributed by atoms with Crippen LogP contribution < -0.4 is 10.6 Å². The SMILES string of the molecule is CCNC(=NCCC1CC1)N(C)CC(=O)NC(C)(C)C.I. The zero-order valence-corrected chi connectivity index (χ0v) is 16.4. The lowest BCUT2D eigenvalue weighted by Gasteiger charge is -2.25. The van der Waals surface area contributed by atoms with Crippen LogP contribution in [0.2, 0.25) is 0 Å². The van der Waals surface area contributed by atoms with Crippen molar-refractivity contribution in [1.82, 2.24) is 15.5 Å². The van der Waals surface area contributed by atoms with Gasteiger partial charge in [0.2, 0.25) is 5.91 Å². The number of amides is 1. The first kappa shape index (κ1) is 20.5. The molecular formula is C15H31IN4O. The lowest BCUT2D eigenvalue weighted by molar-refractivity contribution is -0.122. The van der Waals surface area contributed by atoms with Crippen molar-refractivity contribution in [2.24, 2.45) is 10.9 Å². The lowest BCUT2D eigenvalue weighted by Crippen LogP contribution is -2.48. The maximum Gasteiger partial charge on any atom is 0.240 e. The number of likely N-dealkylation sites (N-methyl/N-ethyl adjacent to an activating group) is 1. The minimum Gasteiger partial charge on any atom is -0.357 e. The second-order valence-corrected chi connectivity index (χ2v) is 6.62. The summed E-state index contributed by atoms with van der Waals surface area (Å²) in [4.78, 5) is 18.4. The van der Waals surface area contributed by atoms with Gasteiger partial charge in [-0.1, -0.05) is 12.8 Å². The Morgan fingerprint density at radius 1 is 1.33 bits per heavy atom. The maximum atomic E-state index is 11.9. The molecule has 0 aromatic rings. The van der Waals surface area contributed by atoms with E-state index in [1.807, 2.05) is 39.6 Å². The van der Waals surface area contributed by atoms with Crippen molar-refractivity contribution >= 4 is 35.8 Å². The lowest BCUT2D eigenvalue weighted by atomic mass is 10.1. The summed E-state index contributed by atoms with van der Waals surface area (Å²) in [5.41, 5.74) is -0.195. The minimum atomic E-state index is -0.195. The Balaban J connectivity index is 0.00000400. The van der Waals surface area contributed by atoms with Crippen LogP contribution in [0.15, 0.2) is 4.99 Å². The fraction of sp³-hybridized carbons (Fsp3) is 0.867. The highest BCUT2D eigenvalue weighted by atomic mass is 127. The number of hydrogen-bond acceptors (Lipinski definition) is 2. The largest absolute Gasteiger partial charge is 0.357 e. The highest BCUT2D eigenvalue weighted by Gasteiger charge is 2.20. The molecule has 0 aromatic heterocycles. The summed E-state index contributed by atoms with van der Waals surface area (Å²) in [6.07, 6.45) is 3.88. The number of carbonyl (C=O) groups is 1. The quantitative estimate of drug-likeness (QED) is 0.401. The third-order valence-electron chi connectivity index (χ3n) is 3.09. The molecule has 0 atom stereocenters. The Labute approximate surface area is 146 Å². The Morgan fingerprint density at radius 3 is 2.43 bits per heavy atom. The van der Waals surface area contributed by atoms with Crippen molar-refractivity contribution in [3.8, 4) is 0 Å². The summed E-state index contributed by atoms with van der Waals surface area (Å²) in [5, 5.41) is 6.21. The van der Waals surface area contributed by atoms with Crippen molar-refractivity contribution in [3.63, 3.8) is 0 Å². The summed E-state index contributed by atoms with van der Waals surface area (Å²) in [6, 6.07) is 0. The summed E-state index contributed by atoms with van der Waals surface area (Å²) >= 11 is 0. The van der Waals surface area contributed by atoms with Crippen molar-refractivity contribution in [2.75, 3.05) is 26.7 Å². The zero-order valence-electron chi connectivity index (χ0n) is 14.0. The van der Waals surface area contributed by atoms with Gasteiger partial charge >= 0.3 is 0 Å². The molecule has 6 heteroatoms. The Hall–Kier alpha value is -0.530. The number of halogens is 1. The molecule has 5 nitrogen and oxygen atoms in total. The molecule has 1 fully saturated rings. The molecule has 0 heterocycles. The van der Waals surface area contributed by atoms with Crippen LogP contribution in [0, 0.1) is 5.92 Å². The van der Waals surface area contributed by atoms with E-state index in [2.05, 4.69) is 15.6 Å². The number of aliphatic imine (C=N–C) groups is 1. The molecule has 0 unspecified atom stereocenters. The highest BCUT2D eigenvalue weighted by molar-refractivity contribution is 14.0. The third-order valence-corrected chi connectivity index (χ3v) is 3.09. The molecular weight excluding hydrogens is 379 g/mol. The molecule has 2 N–H and O–H groups in total. The van der Waals surface area contributed by atoms with E-state index < -0.39 is 0 Å². The Bertz CT molecular complexity index is 348. The van der Waals surface area contributed by atoms with Crippen molar-refractivity contribution in [2.45, 2.75) is 52.5 Å². The predicted molar refractivity (Wildman–Crippen MR) is 99.3 cm³/mol. The Kier molecular flexibility index (Phi) is 9.24. The first-order chi connectivity index (χ1) is 9.31. The van der Waals surface area contributed by atoms with Crippen LogP contribution in [0.3, 0.4) is 0 Å². The monoisotopic (exact) mass is 410 g/mol. The smallest absolute Gasteiger partial charge is 0.240 e. The average molecular weight is 410 g/mol. The standard InChI is InChI=1S/C15H30N4O.HI/c1-6-16-14(17-10-9-12-7-8-12)19(5)11-13(20)18-15(2,3)4;/h12H,6-11H2,1-5H3,(H,16,17)(H,18,20);1H. The number of nitrogens with zero attached hydrogens (tertiary/aromatic N) is 2. The van der Waals surface area contributed by atoms with Crippen LogP contribution in [0.25, 0.3) is 0 Å². The number of nitrogens with one attached hydrogen (secondary N) is 2. The molecule has 0 saturated heterocycles. The van der Waals surface area contributed by atoms with Crippen LogP contribution in [0.4, 0.5) is 0 Å². The summed E-state index contributed by atoms with van der Waals surface area (Å²) in [6.45, 7) is 9.98. The average Bonchev–Trinajstić information content (AvgIpc) is 3.09. The van der Waals surface area contributed by atoms with Crippen molar-refractivity contribution in [1.29, 1.82) is 0 Å². The van der Waals surface area contributed by atoms with Gasteiger partial charge in [-0.2, -0.15) is 0 Å². The molecule has 0 bridgehead atoms. The van der Waals surface area contributed by atoms with Gasteiger partial charge in [0.15, 0.2) is 5.96 Å². The van der Waals surface area contributed by atoms with Gasteiger partial charge in [-0.05, 0) is 40.0 Å². The van der Waals surface area contributed by atoms with Crippen LogP contribution in [0.1, 0.15) is 47.0 Å². The summed E-state index contributed by atoms with van der Waals surface area (Å²) in [5.74, 6) is 1.72. The van der Waals surface area contributed by atoms with E-state index in [1.165, 1.54) is 12.8 Å². The second-order valence-electron chi connectivity index (χ2n) is 6.62. The molecule has 124 valence electrons. The molecule has 0 aliphatic heterocycles. The van der Waals surface area contributed by atoms with Gasteiger partial charge in [0.25, 0.3) is 0 Å². The number of rotatable bonds is 6. The molecule has 1 amide bonds. The number of hydrogen-bond donors (Lipinski definition) is 2. The van der Waals surface area contributed by atoms with Crippen LogP contribution in [-0.2, 0) is 4.79 Å². The highest BCUT2D eigenvalue weighted by Crippen LogP contribution is 2.32. The topological polar surface area (TPSA) is 56.7 Å². The molecule has 0 spiro atoms. The van der Waals surface area contributed by atoms with E-state index in [1.54, 1.807) is 0 Å². The summed E-state index contributed by atoms with van der Waals surface area (Å²) < 4.78 is 0. The van der Waals surface area contributed by atoms with Crippen LogP contribution in [0.5, 0.6) is 0 Å². The molecule has 1 aliphatic carbocycles. The van der Waals surface area contributed by atoms with Gasteiger partial charge in [0, 0.05) is 25.7 Å². The van der Waals surface area contributed by atoms with E-state index in [9.17, 15) is 4.79 Å². The maximum absolute atomic E-state index is 11.9. The van der Waals surface area contributed by atoms with Gasteiger partial charge in [0.1, 0.15) is 0 Å². The van der Waals surface area contributed by atoms with Crippen LogP contribution in [-0.4, -0.2) is 49.0 Å².